The van der Waals surface area contributed by atoms with Crippen LogP contribution in [0.5, 0.6) is 11.5 Å². The summed E-state index contributed by atoms with van der Waals surface area (Å²) >= 11 is 6.35. The second-order valence-corrected chi connectivity index (χ2v) is 8.24. The van der Waals surface area contributed by atoms with Crippen LogP contribution in [-0.2, 0) is 9.53 Å². The zero-order chi connectivity index (χ0) is 23.4. The van der Waals surface area contributed by atoms with Gasteiger partial charge in [-0.1, -0.05) is 17.7 Å². The minimum absolute atomic E-state index is 0.136. The maximum atomic E-state index is 11.6. The molecule has 33 heavy (non-hydrogen) atoms. The van der Waals surface area contributed by atoms with Gasteiger partial charge in [-0.2, -0.15) is 0 Å². The van der Waals surface area contributed by atoms with E-state index in [2.05, 4.69) is 23.1 Å². The lowest BCUT2D eigenvalue weighted by Gasteiger charge is -2.26. The van der Waals surface area contributed by atoms with Crippen molar-refractivity contribution in [3.8, 4) is 22.8 Å². The fourth-order valence-corrected chi connectivity index (χ4v) is 4.27. The topological polar surface area (TPSA) is 65.3 Å². The summed E-state index contributed by atoms with van der Waals surface area (Å²) in [5.41, 5.74) is 4.88. The summed E-state index contributed by atoms with van der Waals surface area (Å²) in [5.74, 6) is 1.07. The summed E-state index contributed by atoms with van der Waals surface area (Å²) < 4.78 is 17.8. The van der Waals surface area contributed by atoms with E-state index in [0.717, 1.165) is 48.5 Å². The quantitative estimate of drug-likeness (QED) is 0.445. The predicted molar refractivity (Wildman–Crippen MR) is 129 cm³/mol. The third-order valence-corrected chi connectivity index (χ3v) is 6.11. The minimum atomic E-state index is -0.136. The van der Waals surface area contributed by atoms with Crippen LogP contribution < -0.4 is 9.47 Å². The number of methoxy groups -OCH3 is 2. The van der Waals surface area contributed by atoms with Gasteiger partial charge in [0.1, 0.15) is 17.1 Å². The van der Waals surface area contributed by atoms with E-state index in [9.17, 15) is 4.79 Å². The van der Waals surface area contributed by atoms with Crippen LogP contribution in [0.15, 0.2) is 42.7 Å². The molecule has 1 aromatic carbocycles. The number of rotatable bonds is 8. The Labute approximate surface area is 198 Å². The SMILES string of the molecule is CCOC(=O)CCN1CC=C(c2ccn3cc(-c4cc(Cl)c(OC)cc4OC)nc3c2)CC1. The summed E-state index contributed by atoms with van der Waals surface area (Å²) in [5, 5.41) is 0.505. The molecule has 0 spiro atoms. The first-order valence-electron chi connectivity index (χ1n) is 11.0. The zero-order valence-electron chi connectivity index (χ0n) is 19.1. The summed E-state index contributed by atoms with van der Waals surface area (Å²) in [6.07, 6.45) is 7.57. The number of benzene rings is 1. The second-order valence-electron chi connectivity index (χ2n) is 7.83. The number of imidazole rings is 1. The van der Waals surface area contributed by atoms with Crippen LogP contribution in [0.2, 0.25) is 5.02 Å². The maximum Gasteiger partial charge on any atom is 0.307 e. The number of halogens is 1. The van der Waals surface area contributed by atoms with Gasteiger partial charge < -0.3 is 18.6 Å². The normalized spacial score (nSPS) is 14.2. The first-order valence-corrected chi connectivity index (χ1v) is 11.4. The number of pyridine rings is 1. The number of ether oxygens (including phenoxy) is 3. The highest BCUT2D eigenvalue weighted by Crippen LogP contribution is 2.38. The monoisotopic (exact) mass is 469 g/mol. The lowest BCUT2D eigenvalue weighted by molar-refractivity contribution is -0.143. The van der Waals surface area contributed by atoms with E-state index < -0.39 is 0 Å². The number of fused-ring (bicyclic) bond motifs is 1. The van der Waals surface area contributed by atoms with Gasteiger partial charge in [-0.3, -0.25) is 9.69 Å². The molecule has 2 aromatic heterocycles. The highest BCUT2D eigenvalue weighted by molar-refractivity contribution is 6.32. The molecule has 0 N–H and O–H groups in total. The van der Waals surface area contributed by atoms with E-state index in [-0.39, 0.29) is 5.97 Å². The molecule has 174 valence electrons. The Kier molecular flexibility index (Phi) is 7.20. The number of hydrogen-bond donors (Lipinski definition) is 0. The molecular weight excluding hydrogens is 442 g/mol. The van der Waals surface area contributed by atoms with Crippen LogP contribution in [-0.4, -0.2) is 60.7 Å². The molecular formula is C25H28ClN3O4. The van der Waals surface area contributed by atoms with Crippen molar-refractivity contribution in [1.29, 1.82) is 0 Å². The van der Waals surface area contributed by atoms with E-state index in [1.807, 2.05) is 29.8 Å². The molecule has 3 aromatic rings. The Bertz CT molecular complexity index is 1190. The Morgan fingerprint density at radius 3 is 2.70 bits per heavy atom. The molecule has 0 aliphatic carbocycles. The molecule has 0 amide bonds. The van der Waals surface area contributed by atoms with E-state index in [1.54, 1.807) is 20.3 Å². The molecule has 0 unspecified atom stereocenters. The predicted octanol–water partition coefficient (Wildman–Crippen LogP) is 4.71. The van der Waals surface area contributed by atoms with Crippen molar-refractivity contribution >= 4 is 28.8 Å². The van der Waals surface area contributed by atoms with Gasteiger partial charge in [-0.15, -0.1) is 0 Å². The third kappa shape index (κ3) is 5.15. The van der Waals surface area contributed by atoms with Gasteiger partial charge in [0.05, 0.1) is 38.0 Å². The largest absolute Gasteiger partial charge is 0.496 e. The molecule has 0 bridgehead atoms. The molecule has 8 heteroatoms. The Hall–Kier alpha value is -3.03. The molecule has 7 nitrogen and oxygen atoms in total. The first kappa shape index (κ1) is 23.1. The van der Waals surface area contributed by atoms with Crippen molar-refractivity contribution < 1.29 is 19.0 Å². The molecule has 0 saturated carbocycles. The van der Waals surface area contributed by atoms with Crippen LogP contribution in [0.4, 0.5) is 0 Å². The molecule has 0 fully saturated rings. The molecule has 1 aliphatic rings. The number of carbonyl (C=O) groups excluding carboxylic acids is 1. The first-order chi connectivity index (χ1) is 16.0. The number of hydrogen-bond acceptors (Lipinski definition) is 6. The van der Waals surface area contributed by atoms with E-state index in [1.165, 1.54) is 5.57 Å². The van der Waals surface area contributed by atoms with E-state index in [4.69, 9.17) is 30.8 Å². The third-order valence-electron chi connectivity index (χ3n) is 5.81. The number of aromatic nitrogens is 2. The maximum absolute atomic E-state index is 11.6. The fourth-order valence-electron chi connectivity index (χ4n) is 4.03. The molecule has 0 saturated heterocycles. The van der Waals surface area contributed by atoms with Crippen LogP contribution in [0.1, 0.15) is 25.3 Å². The van der Waals surface area contributed by atoms with Gasteiger partial charge in [0.25, 0.3) is 0 Å². The molecule has 3 heterocycles. The fraction of sp³-hybridized carbons (Fsp3) is 0.360. The summed E-state index contributed by atoms with van der Waals surface area (Å²) in [6, 6.07) is 7.79. The minimum Gasteiger partial charge on any atom is -0.496 e. The Morgan fingerprint density at radius 1 is 1.18 bits per heavy atom. The smallest absolute Gasteiger partial charge is 0.307 e. The average molecular weight is 470 g/mol. The zero-order valence-corrected chi connectivity index (χ0v) is 19.9. The van der Waals surface area contributed by atoms with Gasteiger partial charge in [0.15, 0.2) is 0 Å². The van der Waals surface area contributed by atoms with Gasteiger partial charge in [0.2, 0.25) is 0 Å². The number of esters is 1. The van der Waals surface area contributed by atoms with Crippen LogP contribution in [0.25, 0.3) is 22.5 Å². The van der Waals surface area contributed by atoms with Crippen molar-refractivity contribution in [3.63, 3.8) is 0 Å². The van der Waals surface area contributed by atoms with Gasteiger partial charge in [-0.25, -0.2) is 4.98 Å². The van der Waals surface area contributed by atoms with E-state index in [0.29, 0.717) is 29.5 Å². The van der Waals surface area contributed by atoms with Crippen molar-refractivity contribution in [2.75, 3.05) is 40.5 Å². The van der Waals surface area contributed by atoms with Crippen molar-refractivity contribution in [2.24, 2.45) is 0 Å². The standard InChI is InChI=1S/C25H28ClN3O4/c1-4-33-25(30)8-11-28-9-5-17(6-10-28)18-7-12-29-16-21(27-24(29)13-18)19-14-20(26)23(32-3)15-22(19)31-2/h5,7,12-16H,4,6,8-11H2,1-3H3. The average Bonchev–Trinajstić information content (AvgIpc) is 3.26. The Balaban J connectivity index is 1.53. The summed E-state index contributed by atoms with van der Waals surface area (Å²) in [7, 11) is 3.19. The van der Waals surface area contributed by atoms with Crippen LogP contribution >= 0.6 is 11.6 Å². The lowest BCUT2D eigenvalue weighted by atomic mass is 10.0. The van der Waals surface area contributed by atoms with E-state index >= 15 is 0 Å². The van der Waals surface area contributed by atoms with Crippen LogP contribution in [0.3, 0.4) is 0 Å². The second kappa shape index (κ2) is 10.3. The highest BCUT2D eigenvalue weighted by Gasteiger charge is 2.17. The summed E-state index contributed by atoms with van der Waals surface area (Å²) in [4.78, 5) is 18.7. The Morgan fingerprint density at radius 2 is 2.00 bits per heavy atom. The number of carbonyl (C=O) groups is 1. The highest BCUT2D eigenvalue weighted by atomic mass is 35.5. The van der Waals surface area contributed by atoms with Gasteiger partial charge in [0, 0.05) is 43.7 Å². The molecule has 4 rings (SSSR count). The van der Waals surface area contributed by atoms with Gasteiger partial charge in [-0.05, 0) is 42.7 Å². The molecule has 0 radical (unpaired) electrons. The molecule has 1 aliphatic heterocycles. The number of nitrogens with zero attached hydrogens (tertiary/aromatic N) is 3. The van der Waals surface area contributed by atoms with Crippen molar-refractivity contribution in [2.45, 2.75) is 19.8 Å². The summed E-state index contributed by atoms with van der Waals surface area (Å²) in [6.45, 7) is 4.71. The van der Waals surface area contributed by atoms with Crippen molar-refractivity contribution in [1.82, 2.24) is 14.3 Å². The van der Waals surface area contributed by atoms with Gasteiger partial charge >= 0.3 is 5.97 Å². The van der Waals surface area contributed by atoms with Crippen molar-refractivity contribution in [3.05, 3.63) is 53.3 Å². The van der Waals surface area contributed by atoms with Crippen LogP contribution in [0, 0.1) is 0 Å². The molecule has 0 atom stereocenters. The lowest BCUT2D eigenvalue weighted by Crippen LogP contribution is -2.31.